The zero-order valence-electron chi connectivity index (χ0n) is 10.2. The first-order valence-corrected chi connectivity index (χ1v) is 5.46. The van der Waals surface area contributed by atoms with Crippen molar-refractivity contribution in [2.24, 2.45) is 5.73 Å². The summed E-state index contributed by atoms with van der Waals surface area (Å²) in [6.45, 7) is 3.73. The van der Waals surface area contributed by atoms with Crippen molar-refractivity contribution in [3.8, 4) is 0 Å². The van der Waals surface area contributed by atoms with Gasteiger partial charge in [-0.2, -0.15) is 0 Å². The molecular weight excluding hydrogens is 216 g/mol. The summed E-state index contributed by atoms with van der Waals surface area (Å²) in [5, 5.41) is 10.2. The second-order valence-electron chi connectivity index (χ2n) is 4.39. The fourth-order valence-electron chi connectivity index (χ4n) is 2.23. The number of nitrogens with two attached hydrogens (primary N) is 1. The van der Waals surface area contributed by atoms with Crippen LogP contribution in [0, 0.1) is 6.92 Å². The second-order valence-corrected chi connectivity index (χ2v) is 4.39. The Hall–Kier alpha value is -1.81. The van der Waals surface area contributed by atoms with Gasteiger partial charge in [0.15, 0.2) is 0 Å². The quantitative estimate of drug-likeness (QED) is 0.765. The van der Waals surface area contributed by atoms with Crippen molar-refractivity contribution < 1.29 is 9.90 Å². The van der Waals surface area contributed by atoms with Gasteiger partial charge in [0.2, 0.25) is 5.91 Å². The molecule has 0 bridgehead atoms. The minimum Gasteiger partial charge on any atom is -0.383 e. The van der Waals surface area contributed by atoms with E-state index in [0.717, 1.165) is 16.8 Å². The van der Waals surface area contributed by atoms with Crippen molar-refractivity contribution in [1.82, 2.24) is 0 Å². The molecule has 1 aromatic rings. The first kappa shape index (κ1) is 11.7. The van der Waals surface area contributed by atoms with Crippen molar-refractivity contribution in [2.45, 2.75) is 20.0 Å². The van der Waals surface area contributed by atoms with Crippen molar-refractivity contribution >= 4 is 11.6 Å². The first-order valence-electron chi connectivity index (χ1n) is 5.46. The normalized spacial score (nSPS) is 19.3. The molecule has 0 fully saturated rings. The number of anilines is 1. The van der Waals surface area contributed by atoms with Gasteiger partial charge in [0.05, 0.1) is 5.57 Å². The number of benzene rings is 1. The van der Waals surface area contributed by atoms with Gasteiger partial charge in [-0.05, 0) is 19.9 Å². The average molecular weight is 232 g/mol. The molecule has 0 saturated carbocycles. The van der Waals surface area contributed by atoms with E-state index < -0.39 is 12.0 Å². The minimum atomic E-state index is -0.932. The summed E-state index contributed by atoms with van der Waals surface area (Å²) in [6.07, 6.45) is -0.932. The number of aryl methyl sites for hydroxylation is 1. The number of fused-ring (bicyclic) bond motifs is 1. The molecule has 1 aliphatic heterocycles. The van der Waals surface area contributed by atoms with Crippen molar-refractivity contribution in [2.75, 3.05) is 11.9 Å². The van der Waals surface area contributed by atoms with E-state index in [0.29, 0.717) is 5.70 Å². The molecule has 4 heteroatoms. The Kier molecular flexibility index (Phi) is 2.67. The molecule has 0 aromatic heterocycles. The van der Waals surface area contributed by atoms with Gasteiger partial charge in [0.25, 0.3) is 0 Å². The van der Waals surface area contributed by atoms with Crippen LogP contribution in [0.2, 0.25) is 0 Å². The van der Waals surface area contributed by atoms with Crippen LogP contribution in [0.1, 0.15) is 24.2 Å². The number of hydrogen-bond acceptors (Lipinski definition) is 3. The van der Waals surface area contributed by atoms with Gasteiger partial charge in [0, 0.05) is 24.0 Å². The Bertz CT molecular complexity index is 520. The first-order chi connectivity index (χ1) is 7.93. The Morgan fingerprint density at radius 3 is 2.65 bits per heavy atom. The Labute approximate surface area is 100 Å². The van der Waals surface area contributed by atoms with Crippen LogP contribution >= 0.6 is 0 Å². The van der Waals surface area contributed by atoms with Gasteiger partial charge in [-0.25, -0.2) is 0 Å². The van der Waals surface area contributed by atoms with Crippen LogP contribution in [0.4, 0.5) is 5.69 Å². The van der Waals surface area contributed by atoms with E-state index in [2.05, 4.69) is 0 Å². The molecule has 0 spiro atoms. The molecule has 0 aliphatic carbocycles. The van der Waals surface area contributed by atoms with Crippen LogP contribution in [0.25, 0.3) is 0 Å². The minimum absolute atomic E-state index is 0.269. The van der Waals surface area contributed by atoms with Crippen LogP contribution in [0.5, 0.6) is 0 Å². The van der Waals surface area contributed by atoms with E-state index in [9.17, 15) is 9.90 Å². The number of aliphatic hydroxyl groups is 1. The molecule has 0 saturated heterocycles. The zero-order chi connectivity index (χ0) is 12.7. The van der Waals surface area contributed by atoms with E-state index >= 15 is 0 Å². The summed E-state index contributed by atoms with van der Waals surface area (Å²) < 4.78 is 0. The van der Waals surface area contributed by atoms with Gasteiger partial charge in [-0.15, -0.1) is 0 Å². The fraction of sp³-hybridized carbons (Fsp3) is 0.308. The number of carbonyl (C=O) groups excluding carboxylic acids is 1. The summed E-state index contributed by atoms with van der Waals surface area (Å²) in [4.78, 5) is 13.3. The van der Waals surface area contributed by atoms with Crippen LogP contribution in [-0.2, 0) is 4.79 Å². The molecule has 1 aliphatic rings. The standard InChI is InChI=1S/C13H16N2O2/c1-7-4-5-10-9(6-7)12(16)11(13(14)17)8(2)15(10)3/h4-6,12,16H,1-3H3,(H2,14,17). The summed E-state index contributed by atoms with van der Waals surface area (Å²) in [5.74, 6) is -0.575. The van der Waals surface area contributed by atoms with Gasteiger partial charge in [0.1, 0.15) is 6.10 Å². The van der Waals surface area contributed by atoms with Crippen LogP contribution in [-0.4, -0.2) is 18.1 Å². The molecular formula is C13H16N2O2. The Balaban J connectivity index is 2.64. The lowest BCUT2D eigenvalue weighted by Crippen LogP contribution is -2.31. The molecule has 2 rings (SSSR count). The van der Waals surface area contributed by atoms with E-state index in [1.165, 1.54) is 0 Å². The summed E-state index contributed by atoms with van der Waals surface area (Å²) >= 11 is 0. The van der Waals surface area contributed by atoms with Crippen LogP contribution in [0.3, 0.4) is 0 Å². The van der Waals surface area contributed by atoms with Crippen LogP contribution in [0.15, 0.2) is 29.5 Å². The Morgan fingerprint density at radius 2 is 2.06 bits per heavy atom. The van der Waals surface area contributed by atoms with Crippen molar-refractivity contribution in [3.63, 3.8) is 0 Å². The van der Waals surface area contributed by atoms with E-state index in [1.807, 2.05) is 37.1 Å². The predicted octanol–water partition coefficient (Wildman–Crippen LogP) is 1.24. The lowest BCUT2D eigenvalue weighted by atomic mass is 9.92. The predicted molar refractivity (Wildman–Crippen MR) is 66.4 cm³/mol. The number of nitrogens with zero attached hydrogens (tertiary/aromatic N) is 1. The van der Waals surface area contributed by atoms with Crippen molar-refractivity contribution in [1.29, 1.82) is 0 Å². The van der Waals surface area contributed by atoms with Gasteiger partial charge in [-0.3, -0.25) is 4.79 Å². The number of primary amides is 1. The fourth-order valence-corrected chi connectivity index (χ4v) is 2.23. The smallest absolute Gasteiger partial charge is 0.249 e. The summed E-state index contributed by atoms with van der Waals surface area (Å²) in [7, 11) is 1.86. The highest BCUT2D eigenvalue weighted by Gasteiger charge is 2.30. The molecule has 1 atom stereocenters. The lowest BCUT2D eigenvalue weighted by molar-refractivity contribution is -0.115. The number of carbonyl (C=O) groups is 1. The maximum absolute atomic E-state index is 11.4. The molecule has 1 unspecified atom stereocenters. The molecule has 1 amide bonds. The molecule has 0 radical (unpaired) electrons. The largest absolute Gasteiger partial charge is 0.383 e. The van der Waals surface area contributed by atoms with Crippen molar-refractivity contribution in [3.05, 3.63) is 40.6 Å². The third kappa shape index (κ3) is 1.70. The topological polar surface area (TPSA) is 66.6 Å². The molecule has 17 heavy (non-hydrogen) atoms. The third-order valence-electron chi connectivity index (χ3n) is 3.27. The van der Waals surface area contributed by atoms with Gasteiger partial charge in [-0.1, -0.05) is 17.7 Å². The highest BCUT2D eigenvalue weighted by atomic mass is 16.3. The number of allylic oxidation sites excluding steroid dienone is 1. The van der Waals surface area contributed by atoms with E-state index in [4.69, 9.17) is 5.73 Å². The number of rotatable bonds is 1. The summed E-state index contributed by atoms with van der Waals surface area (Å²) in [5.41, 5.74) is 8.96. The molecule has 4 nitrogen and oxygen atoms in total. The highest BCUT2D eigenvalue weighted by Crippen LogP contribution is 2.38. The van der Waals surface area contributed by atoms with E-state index in [1.54, 1.807) is 6.92 Å². The van der Waals surface area contributed by atoms with Gasteiger partial charge >= 0.3 is 0 Å². The monoisotopic (exact) mass is 232 g/mol. The summed E-state index contributed by atoms with van der Waals surface area (Å²) in [6, 6.07) is 5.80. The Morgan fingerprint density at radius 1 is 1.41 bits per heavy atom. The zero-order valence-corrected chi connectivity index (χ0v) is 10.2. The molecule has 1 heterocycles. The number of hydrogen-bond donors (Lipinski definition) is 2. The number of amides is 1. The van der Waals surface area contributed by atoms with E-state index in [-0.39, 0.29) is 5.57 Å². The molecule has 1 aromatic carbocycles. The van der Waals surface area contributed by atoms with Crippen LogP contribution < -0.4 is 10.6 Å². The third-order valence-corrected chi connectivity index (χ3v) is 3.27. The highest BCUT2D eigenvalue weighted by molar-refractivity contribution is 5.96. The maximum atomic E-state index is 11.4. The average Bonchev–Trinajstić information content (AvgIpc) is 2.26. The SMILES string of the molecule is CC1=C(C(N)=O)C(O)c2cc(C)ccc2N1C. The maximum Gasteiger partial charge on any atom is 0.249 e. The number of aliphatic hydroxyl groups excluding tert-OH is 1. The van der Waals surface area contributed by atoms with Gasteiger partial charge < -0.3 is 15.7 Å². The molecule has 3 N–H and O–H groups in total. The second kappa shape index (κ2) is 3.89. The molecule has 90 valence electrons. The lowest BCUT2D eigenvalue weighted by Gasteiger charge is -2.33.